The second-order valence-corrected chi connectivity index (χ2v) is 8.72. The van der Waals surface area contributed by atoms with Crippen molar-refractivity contribution in [3.63, 3.8) is 0 Å². The van der Waals surface area contributed by atoms with E-state index in [9.17, 15) is 13.2 Å². The summed E-state index contributed by atoms with van der Waals surface area (Å²) in [4.78, 5) is 12.5. The van der Waals surface area contributed by atoms with Crippen LogP contribution >= 0.6 is 11.6 Å². The summed E-state index contributed by atoms with van der Waals surface area (Å²) in [5, 5.41) is 3.21. The highest BCUT2D eigenvalue weighted by atomic mass is 35.5. The molecule has 1 amide bonds. The van der Waals surface area contributed by atoms with Gasteiger partial charge >= 0.3 is 0 Å². The molecule has 0 aliphatic rings. The molecule has 7 heteroatoms. The van der Waals surface area contributed by atoms with Gasteiger partial charge in [0.2, 0.25) is 10.0 Å². The molecular weight excluding hydrogens is 372 g/mol. The highest BCUT2D eigenvalue weighted by Gasteiger charge is 2.18. The van der Waals surface area contributed by atoms with Crippen molar-refractivity contribution >= 4 is 33.2 Å². The van der Waals surface area contributed by atoms with E-state index in [2.05, 4.69) is 17.4 Å². The Morgan fingerprint density at radius 2 is 1.85 bits per heavy atom. The molecule has 2 aromatic rings. The third kappa shape index (κ3) is 5.47. The largest absolute Gasteiger partial charge is 0.350 e. The maximum absolute atomic E-state index is 12.5. The zero-order valence-corrected chi connectivity index (χ0v) is 16.6. The number of hydrogen-bond donors (Lipinski definition) is 1. The Hall–Kier alpha value is -2.05. The standard InChI is InChI=1S/C19H23ClN2O3S/c1-14(9-10-15-7-5-4-6-8-15)21-19(23)16-11-12-17(20)18(13-16)22(2)26(3,24)25/h4-8,11-14H,9-10H2,1-3H3,(H,21,23)/t14-/m1/s1. The quantitative estimate of drug-likeness (QED) is 0.781. The first-order valence-electron chi connectivity index (χ1n) is 8.26. The Balaban J connectivity index is 2.05. The van der Waals surface area contributed by atoms with Crippen molar-refractivity contribution in [2.24, 2.45) is 0 Å². The van der Waals surface area contributed by atoms with Gasteiger partial charge in [0.05, 0.1) is 17.0 Å². The monoisotopic (exact) mass is 394 g/mol. The molecule has 0 spiro atoms. The van der Waals surface area contributed by atoms with Crippen LogP contribution in [-0.2, 0) is 16.4 Å². The van der Waals surface area contributed by atoms with Crippen LogP contribution in [0.4, 0.5) is 5.69 Å². The van der Waals surface area contributed by atoms with E-state index in [0.29, 0.717) is 5.56 Å². The number of carbonyl (C=O) groups excluding carboxylic acids is 1. The molecule has 0 saturated heterocycles. The van der Waals surface area contributed by atoms with Crippen LogP contribution in [0.15, 0.2) is 48.5 Å². The lowest BCUT2D eigenvalue weighted by molar-refractivity contribution is 0.0938. The SMILES string of the molecule is C[C@H](CCc1ccccc1)NC(=O)c1ccc(Cl)c(N(C)S(C)(=O)=O)c1. The van der Waals surface area contributed by atoms with Gasteiger partial charge in [-0.3, -0.25) is 9.10 Å². The molecule has 140 valence electrons. The highest BCUT2D eigenvalue weighted by Crippen LogP contribution is 2.27. The minimum atomic E-state index is -3.47. The van der Waals surface area contributed by atoms with E-state index >= 15 is 0 Å². The van der Waals surface area contributed by atoms with Gasteiger partial charge < -0.3 is 5.32 Å². The van der Waals surface area contributed by atoms with Crippen molar-refractivity contribution < 1.29 is 13.2 Å². The van der Waals surface area contributed by atoms with E-state index < -0.39 is 10.0 Å². The fraction of sp³-hybridized carbons (Fsp3) is 0.316. The second-order valence-electron chi connectivity index (χ2n) is 6.30. The summed E-state index contributed by atoms with van der Waals surface area (Å²) in [5.74, 6) is -0.259. The average molecular weight is 395 g/mol. The van der Waals surface area contributed by atoms with E-state index in [-0.39, 0.29) is 22.7 Å². The number of hydrogen-bond acceptors (Lipinski definition) is 3. The van der Waals surface area contributed by atoms with Crippen LogP contribution in [0.3, 0.4) is 0 Å². The number of nitrogens with one attached hydrogen (secondary N) is 1. The third-order valence-corrected chi connectivity index (χ3v) is 5.64. The van der Waals surface area contributed by atoms with Gasteiger partial charge in [0.15, 0.2) is 0 Å². The first-order chi connectivity index (χ1) is 12.2. The van der Waals surface area contributed by atoms with Crippen LogP contribution in [0.1, 0.15) is 29.3 Å². The van der Waals surface area contributed by atoms with Crippen molar-refractivity contribution in [1.82, 2.24) is 5.32 Å². The molecular formula is C19H23ClN2O3S. The molecule has 1 atom stereocenters. The number of benzene rings is 2. The van der Waals surface area contributed by atoms with Gasteiger partial charge in [-0.05, 0) is 43.5 Å². The van der Waals surface area contributed by atoms with Crippen molar-refractivity contribution in [2.75, 3.05) is 17.6 Å². The molecule has 2 rings (SSSR count). The summed E-state index contributed by atoms with van der Waals surface area (Å²) in [5.41, 5.74) is 1.86. The van der Waals surface area contributed by atoms with Crippen LogP contribution < -0.4 is 9.62 Å². The predicted molar refractivity (Wildman–Crippen MR) is 106 cm³/mol. The minimum Gasteiger partial charge on any atom is -0.350 e. The van der Waals surface area contributed by atoms with Gasteiger partial charge in [0.1, 0.15) is 0 Å². The molecule has 1 N–H and O–H groups in total. The Labute approximate surface area is 160 Å². The number of carbonyl (C=O) groups is 1. The average Bonchev–Trinajstić information content (AvgIpc) is 2.60. The van der Waals surface area contributed by atoms with E-state index in [1.807, 2.05) is 25.1 Å². The van der Waals surface area contributed by atoms with E-state index in [1.165, 1.54) is 24.7 Å². The van der Waals surface area contributed by atoms with Crippen molar-refractivity contribution in [3.05, 3.63) is 64.7 Å². The molecule has 0 bridgehead atoms. The smallest absolute Gasteiger partial charge is 0.251 e. The number of sulfonamides is 1. The summed E-state index contributed by atoms with van der Waals surface area (Å²) in [6, 6.07) is 14.7. The third-order valence-electron chi connectivity index (χ3n) is 4.13. The van der Waals surface area contributed by atoms with Crippen LogP contribution in [0.5, 0.6) is 0 Å². The summed E-state index contributed by atoms with van der Waals surface area (Å²) >= 11 is 6.09. The summed E-state index contributed by atoms with van der Waals surface area (Å²) in [6.07, 6.45) is 2.76. The van der Waals surface area contributed by atoms with E-state index in [0.717, 1.165) is 23.4 Å². The molecule has 0 aliphatic heterocycles. The fourth-order valence-electron chi connectivity index (χ4n) is 2.48. The van der Waals surface area contributed by atoms with Crippen molar-refractivity contribution in [1.29, 1.82) is 0 Å². The van der Waals surface area contributed by atoms with Crippen LogP contribution in [0.25, 0.3) is 0 Å². The zero-order chi connectivity index (χ0) is 19.3. The Morgan fingerprint density at radius 1 is 1.19 bits per heavy atom. The lowest BCUT2D eigenvalue weighted by Gasteiger charge is -2.19. The molecule has 0 unspecified atom stereocenters. The number of nitrogens with zero attached hydrogens (tertiary/aromatic N) is 1. The molecule has 0 heterocycles. The van der Waals surface area contributed by atoms with E-state index in [1.54, 1.807) is 6.07 Å². The van der Waals surface area contributed by atoms with Gasteiger partial charge in [-0.15, -0.1) is 0 Å². The van der Waals surface area contributed by atoms with E-state index in [4.69, 9.17) is 11.6 Å². The molecule has 0 fully saturated rings. The van der Waals surface area contributed by atoms with Crippen molar-refractivity contribution in [3.8, 4) is 0 Å². The molecule has 2 aromatic carbocycles. The summed E-state index contributed by atoms with van der Waals surface area (Å²) < 4.78 is 24.5. The highest BCUT2D eigenvalue weighted by molar-refractivity contribution is 7.92. The summed E-state index contributed by atoms with van der Waals surface area (Å²) in [7, 11) is -2.06. The second kappa shape index (κ2) is 8.56. The van der Waals surface area contributed by atoms with Gasteiger partial charge in [-0.2, -0.15) is 0 Å². The zero-order valence-electron chi connectivity index (χ0n) is 15.1. The predicted octanol–water partition coefficient (Wildman–Crippen LogP) is 3.49. The number of amides is 1. The first kappa shape index (κ1) is 20.3. The lowest BCUT2D eigenvalue weighted by Crippen LogP contribution is -2.33. The first-order valence-corrected chi connectivity index (χ1v) is 10.5. The molecule has 0 aromatic heterocycles. The van der Waals surface area contributed by atoms with Gasteiger partial charge in [0, 0.05) is 18.7 Å². The topological polar surface area (TPSA) is 66.5 Å². The summed E-state index contributed by atoms with van der Waals surface area (Å²) in [6.45, 7) is 1.94. The number of halogens is 1. The maximum Gasteiger partial charge on any atom is 0.251 e. The maximum atomic E-state index is 12.5. The molecule has 5 nitrogen and oxygen atoms in total. The molecule has 0 radical (unpaired) electrons. The van der Waals surface area contributed by atoms with Gasteiger partial charge in [0.25, 0.3) is 5.91 Å². The van der Waals surface area contributed by atoms with Crippen LogP contribution in [0.2, 0.25) is 5.02 Å². The number of aryl methyl sites for hydroxylation is 1. The lowest BCUT2D eigenvalue weighted by atomic mass is 10.1. The van der Waals surface area contributed by atoms with Crippen LogP contribution in [0, 0.1) is 0 Å². The fourth-order valence-corrected chi connectivity index (χ4v) is 3.28. The molecule has 0 aliphatic carbocycles. The molecule has 26 heavy (non-hydrogen) atoms. The Bertz CT molecular complexity index is 870. The minimum absolute atomic E-state index is 0.0190. The molecule has 0 saturated carbocycles. The number of rotatable bonds is 7. The van der Waals surface area contributed by atoms with Crippen LogP contribution in [-0.4, -0.2) is 33.7 Å². The number of anilines is 1. The van der Waals surface area contributed by atoms with Gasteiger partial charge in [-0.1, -0.05) is 41.9 Å². The Kier molecular flexibility index (Phi) is 6.67. The van der Waals surface area contributed by atoms with Crippen molar-refractivity contribution in [2.45, 2.75) is 25.8 Å². The Morgan fingerprint density at radius 3 is 2.46 bits per heavy atom. The van der Waals surface area contributed by atoms with Gasteiger partial charge in [-0.25, -0.2) is 8.42 Å². The normalized spacial score (nSPS) is 12.5.